The Morgan fingerprint density at radius 3 is 2.78 bits per heavy atom. The minimum absolute atomic E-state index is 0.361. The van der Waals surface area contributed by atoms with Gasteiger partial charge in [0.15, 0.2) is 0 Å². The summed E-state index contributed by atoms with van der Waals surface area (Å²) in [5.74, 6) is 0.613. The van der Waals surface area contributed by atoms with E-state index >= 15 is 0 Å². The van der Waals surface area contributed by atoms with Crippen molar-refractivity contribution in [3.05, 3.63) is 33.8 Å². The van der Waals surface area contributed by atoms with Crippen LogP contribution >= 0.6 is 23.2 Å². The molecule has 0 amide bonds. The van der Waals surface area contributed by atoms with Crippen LogP contribution in [0.2, 0.25) is 10.0 Å². The van der Waals surface area contributed by atoms with Crippen LogP contribution in [0.5, 0.6) is 0 Å². The number of hydrogen-bond acceptors (Lipinski definition) is 2. The highest BCUT2D eigenvalue weighted by molar-refractivity contribution is 6.42. The van der Waals surface area contributed by atoms with Gasteiger partial charge in [0.25, 0.3) is 0 Å². The lowest BCUT2D eigenvalue weighted by Crippen LogP contribution is -2.46. The van der Waals surface area contributed by atoms with Crippen LogP contribution in [-0.2, 0) is 6.54 Å². The molecule has 1 aliphatic rings. The van der Waals surface area contributed by atoms with Gasteiger partial charge in [0.2, 0.25) is 0 Å². The summed E-state index contributed by atoms with van der Waals surface area (Å²) < 4.78 is 0. The number of piperidine rings is 1. The zero-order valence-electron chi connectivity index (χ0n) is 10.7. The van der Waals surface area contributed by atoms with Gasteiger partial charge in [0.1, 0.15) is 0 Å². The van der Waals surface area contributed by atoms with Crippen LogP contribution in [-0.4, -0.2) is 24.0 Å². The Morgan fingerprint density at radius 2 is 2.11 bits per heavy atom. The monoisotopic (exact) mass is 286 g/mol. The van der Waals surface area contributed by atoms with Crippen molar-refractivity contribution in [1.82, 2.24) is 4.90 Å². The lowest BCUT2D eigenvalue weighted by molar-refractivity contribution is 0.145. The SMILES string of the molecule is CCC1CN(Cc2ccc(Cl)c(Cl)c2)CCC1N. The third-order valence-corrected chi connectivity index (χ3v) is 4.53. The second-order valence-electron chi connectivity index (χ2n) is 5.10. The molecule has 0 radical (unpaired) electrons. The molecule has 1 aromatic carbocycles. The second kappa shape index (κ2) is 6.25. The number of rotatable bonds is 3. The largest absolute Gasteiger partial charge is 0.327 e. The van der Waals surface area contributed by atoms with Crippen LogP contribution in [0.4, 0.5) is 0 Å². The third kappa shape index (κ3) is 3.39. The van der Waals surface area contributed by atoms with Gasteiger partial charge in [0.05, 0.1) is 10.0 Å². The first-order chi connectivity index (χ1) is 8.60. The van der Waals surface area contributed by atoms with Crippen molar-refractivity contribution >= 4 is 23.2 Å². The molecule has 2 unspecified atom stereocenters. The van der Waals surface area contributed by atoms with E-state index in [1.165, 1.54) is 5.56 Å². The summed E-state index contributed by atoms with van der Waals surface area (Å²) in [5.41, 5.74) is 7.34. The molecule has 1 aliphatic heterocycles. The van der Waals surface area contributed by atoms with Gasteiger partial charge in [-0.25, -0.2) is 0 Å². The molecule has 2 atom stereocenters. The number of benzene rings is 1. The smallest absolute Gasteiger partial charge is 0.0595 e. The van der Waals surface area contributed by atoms with Gasteiger partial charge in [-0.1, -0.05) is 42.6 Å². The molecule has 2 N–H and O–H groups in total. The fourth-order valence-corrected chi connectivity index (χ4v) is 2.92. The molecule has 2 rings (SSSR count). The lowest BCUT2D eigenvalue weighted by Gasteiger charge is -2.36. The molecule has 0 spiro atoms. The van der Waals surface area contributed by atoms with Crippen molar-refractivity contribution in [1.29, 1.82) is 0 Å². The standard InChI is InChI=1S/C14H20Cl2N2/c1-2-11-9-18(6-5-14(11)17)8-10-3-4-12(15)13(16)7-10/h3-4,7,11,14H,2,5-6,8-9,17H2,1H3. The Hall–Kier alpha value is -0.280. The number of hydrogen-bond donors (Lipinski definition) is 1. The summed E-state index contributed by atoms with van der Waals surface area (Å²) in [6, 6.07) is 6.23. The zero-order valence-corrected chi connectivity index (χ0v) is 12.2. The van der Waals surface area contributed by atoms with Crippen molar-refractivity contribution in [3.8, 4) is 0 Å². The molecule has 4 heteroatoms. The first-order valence-electron chi connectivity index (χ1n) is 6.52. The first-order valence-corrected chi connectivity index (χ1v) is 7.27. The van der Waals surface area contributed by atoms with Gasteiger partial charge in [-0.05, 0) is 36.6 Å². The van der Waals surface area contributed by atoms with E-state index in [0.717, 1.165) is 32.5 Å². The molecule has 18 heavy (non-hydrogen) atoms. The van der Waals surface area contributed by atoms with E-state index in [-0.39, 0.29) is 0 Å². The summed E-state index contributed by atoms with van der Waals surface area (Å²) in [7, 11) is 0. The molecule has 1 heterocycles. The predicted molar refractivity (Wildman–Crippen MR) is 78.1 cm³/mol. The van der Waals surface area contributed by atoms with Crippen molar-refractivity contribution in [2.24, 2.45) is 11.7 Å². The van der Waals surface area contributed by atoms with Crippen LogP contribution in [0, 0.1) is 5.92 Å². The minimum atomic E-state index is 0.361. The normalized spacial score (nSPS) is 25.3. The van der Waals surface area contributed by atoms with Crippen molar-refractivity contribution in [3.63, 3.8) is 0 Å². The molecule has 0 saturated carbocycles. The molecular weight excluding hydrogens is 267 g/mol. The summed E-state index contributed by atoms with van der Waals surface area (Å²) in [5, 5.41) is 1.25. The summed E-state index contributed by atoms with van der Waals surface area (Å²) in [6.07, 6.45) is 2.23. The van der Waals surface area contributed by atoms with Gasteiger partial charge in [-0.2, -0.15) is 0 Å². The van der Waals surface area contributed by atoms with Crippen molar-refractivity contribution in [2.75, 3.05) is 13.1 Å². The van der Waals surface area contributed by atoms with Gasteiger partial charge in [0, 0.05) is 19.1 Å². The minimum Gasteiger partial charge on any atom is -0.327 e. The Bertz CT molecular complexity index is 409. The molecular formula is C14H20Cl2N2. The average molecular weight is 287 g/mol. The number of likely N-dealkylation sites (tertiary alicyclic amines) is 1. The summed E-state index contributed by atoms with van der Waals surface area (Å²) in [4.78, 5) is 2.46. The van der Waals surface area contributed by atoms with E-state index in [0.29, 0.717) is 22.0 Å². The fourth-order valence-electron chi connectivity index (χ4n) is 2.60. The highest BCUT2D eigenvalue weighted by Crippen LogP contribution is 2.25. The molecule has 0 bridgehead atoms. The van der Waals surface area contributed by atoms with Crippen LogP contribution < -0.4 is 5.73 Å². The maximum absolute atomic E-state index is 6.12. The van der Waals surface area contributed by atoms with Crippen LogP contribution in [0.25, 0.3) is 0 Å². The Kier molecular flexibility index (Phi) is 4.91. The number of nitrogens with zero attached hydrogens (tertiary/aromatic N) is 1. The predicted octanol–water partition coefficient (Wildman–Crippen LogP) is 3.55. The molecule has 2 nitrogen and oxygen atoms in total. The summed E-state index contributed by atoms with van der Waals surface area (Å²) >= 11 is 12.0. The second-order valence-corrected chi connectivity index (χ2v) is 5.92. The molecule has 0 aliphatic carbocycles. The van der Waals surface area contributed by atoms with Gasteiger partial charge in [-0.15, -0.1) is 0 Å². The van der Waals surface area contributed by atoms with E-state index < -0.39 is 0 Å². The quantitative estimate of drug-likeness (QED) is 0.921. The van der Waals surface area contributed by atoms with Gasteiger partial charge >= 0.3 is 0 Å². The Labute approximate surface area is 119 Å². The van der Waals surface area contributed by atoms with Gasteiger partial charge in [-0.3, -0.25) is 4.90 Å². The average Bonchev–Trinajstić information content (AvgIpc) is 2.36. The third-order valence-electron chi connectivity index (χ3n) is 3.79. The van der Waals surface area contributed by atoms with Crippen molar-refractivity contribution in [2.45, 2.75) is 32.4 Å². The molecule has 0 aromatic heterocycles. The highest BCUT2D eigenvalue weighted by atomic mass is 35.5. The van der Waals surface area contributed by atoms with Crippen LogP contribution in [0.3, 0.4) is 0 Å². The van der Waals surface area contributed by atoms with E-state index in [9.17, 15) is 0 Å². The van der Waals surface area contributed by atoms with Crippen LogP contribution in [0.15, 0.2) is 18.2 Å². The maximum atomic E-state index is 6.12. The number of nitrogens with two attached hydrogens (primary N) is 1. The van der Waals surface area contributed by atoms with E-state index in [1.807, 2.05) is 18.2 Å². The van der Waals surface area contributed by atoms with Crippen molar-refractivity contribution < 1.29 is 0 Å². The van der Waals surface area contributed by atoms with E-state index in [4.69, 9.17) is 28.9 Å². The van der Waals surface area contributed by atoms with Crippen LogP contribution in [0.1, 0.15) is 25.3 Å². The maximum Gasteiger partial charge on any atom is 0.0595 e. The fraction of sp³-hybridized carbons (Fsp3) is 0.571. The Balaban J connectivity index is 1.99. The van der Waals surface area contributed by atoms with E-state index in [1.54, 1.807) is 0 Å². The summed E-state index contributed by atoms with van der Waals surface area (Å²) in [6.45, 7) is 5.29. The first kappa shape index (κ1) is 14.1. The highest BCUT2D eigenvalue weighted by Gasteiger charge is 2.25. The Morgan fingerprint density at radius 1 is 1.33 bits per heavy atom. The van der Waals surface area contributed by atoms with E-state index in [2.05, 4.69) is 11.8 Å². The molecule has 1 saturated heterocycles. The lowest BCUT2D eigenvalue weighted by atomic mass is 9.90. The topological polar surface area (TPSA) is 29.3 Å². The molecule has 1 aromatic rings. The zero-order chi connectivity index (χ0) is 13.1. The molecule has 1 fully saturated rings. The number of halogens is 2. The van der Waals surface area contributed by atoms with Gasteiger partial charge < -0.3 is 5.73 Å². The molecule has 100 valence electrons.